The van der Waals surface area contributed by atoms with Gasteiger partial charge in [0.25, 0.3) is 5.91 Å². The van der Waals surface area contributed by atoms with Crippen LogP contribution < -0.4 is 10.4 Å². The lowest BCUT2D eigenvalue weighted by atomic mass is 9.86. The average Bonchev–Trinajstić information content (AvgIpc) is 3.52. The van der Waals surface area contributed by atoms with Gasteiger partial charge in [-0.2, -0.15) is 0 Å². The Hall–Kier alpha value is -3.75. The van der Waals surface area contributed by atoms with Crippen molar-refractivity contribution in [1.29, 1.82) is 0 Å². The smallest absolute Gasteiger partial charge is 0.323 e. The molecule has 6 aliphatic rings. The standard InChI is InChI=1S/C47H60F2N5O7PS/c1-4-60-62(59,51-28(2)46(58)61-37-11-8-12-37)42(49)30-13-18-40-31(21-30)22-41(63-40)43(55)50-38-16-14-34(52(3)36-23-33(48)24-36)25-35-15-17-39(54(35)44(38)56)45(57)53-27-32(26-47(53)19-20-47)29-9-6-5-7-10-29/h5-7,9-10,13,18,21-22,28,32-39,42H,4,8,11-12,14-17,19-20,23-27H2,1-3H3,(H,50,55)(H,51,59)/t28-,32+,33?,34-,35+,36?,38-,39-,42-,62?/m0/s1. The number of nitrogens with zero attached hydrogens (tertiary/aromatic N) is 3. The lowest BCUT2D eigenvalue weighted by Gasteiger charge is -2.45. The van der Waals surface area contributed by atoms with E-state index in [1.165, 1.54) is 36.0 Å². The molecule has 1 unspecified atom stereocenters. The molecule has 16 heteroatoms. The molecule has 3 amide bonds. The topological polar surface area (TPSA) is 138 Å². The van der Waals surface area contributed by atoms with Crippen LogP contribution in [0, 0.1) is 0 Å². The van der Waals surface area contributed by atoms with Gasteiger partial charge < -0.3 is 29.3 Å². The molecule has 4 heterocycles. The third kappa shape index (κ3) is 8.86. The molecule has 3 aromatic rings. The molecule has 2 N–H and O–H groups in total. The fraction of sp³-hybridized carbons (Fsp3) is 0.617. The number of hydrogen-bond acceptors (Lipinski definition) is 9. The Kier molecular flexibility index (Phi) is 12.6. The molecular formula is C47H60F2N5O7PS. The number of alkyl halides is 2. The third-order valence-corrected chi connectivity index (χ3v) is 18.3. The summed E-state index contributed by atoms with van der Waals surface area (Å²) in [6.07, 6.45) is 8.17. The number of nitrogens with one attached hydrogen (secondary N) is 2. The van der Waals surface area contributed by atoms with E-state index in [0.717, 1.165) is 38.5 Å². The molecule has 0 bridgehead atoms. The van der Waals surface area contributed by atoms with Crippen molar-refractivity contribution in [1.82, 2.24) is 25.1 Å². The Morgan fingerprint density at radius 3 is 2.44 bits per heavy atom. The quantitative estimate of drug-likeness (QED) is 0.121. The number of amides is 3. The normalized spacial score (nSPS) is 29.9. The lowest BCUT2D eigenvalue weighted by molar-refractivity contribution is -0.154. The van der Waals surface area contributed by atoms with Crippen molar-refractivity contribution >= 4 is 52.6 Å². The molecule has 9 rings (SSSR count). The summed E-state index contributed by atoms with van der Waals surface area (Å²) < 4.78 is 55.9. The molecule has 8 atom stereocenters. The predicted molar refractivity (Wildman–Crippen MR) is 237 cm³/mol. The van der Waals surface area contributed by atoms with E-state index in [1.807, 2.05) is 25.2 Å². The minimum Gasteiger partial charge on any atom is -0.461 e. The van der Waals surface area contributed by atoms with Crippen LogP contribution >= 0.6 is 18.9 Å². The Morgan fingerprint density at radius 2 is 1.76 bits per heavy atom. The van der Waals surface area contributed by atoms with E-state index in [-0.39, 0.29) is 59.7 Å². The minimum atomic E-state index is -4.26. The monoisotopic (exact) mass is 907 g/mol. The summed E-state index contributed by atoms with van der Waals surface area (Å²) in [5.74, 6) is -3.22. The number of carbonyl (C=O) groups excluding carboxylic acids is 4. The zero-order valence-electron chi connectivity index (χ0n) is 36.4. The molecule has 63 heavy (non-hydrogen) atoms. The molecular weight excluding hydrogens is 848 g/mol. The summed E-state index contributed by atoms with van der Waals surface area (Å²) >= 11 is 1.20. The molecule has 12 nitrogen and oxygen atoms in total. The van der Waals surface area contributed by atoms with Gasteiger partial charge in [0, 0.05) is 40.8 Å². The van der Waals surface area contributed by atoms with Gasteiger partial charge >= 0.3 is 13.5 Å². The Morgan fingerprint density at radius 1 is 1.00 bits per heavy atom. The highest BCUT2D eigenvalue weighted by atomic mass is 32.1. The molecule has 6 fully saturated rings. The summed E-state index contributed by atoms with van der Waals surface area (Å²) in [7, 11) is -2.23. The number of carbonyl (C=O) groups is 4. The second-order valence-electron chi connectivity index (χ2n) is 19.0. The molecule has 3 aliphatic heterocycles. The summed E-state index contributed by atoms with van der Waals surface area (Å²) in [5, 5.41) is 6.20. The zero-order valence-corrected chi connectivity index (χ0v) is 38.1. The number of thiophene rings is 1. The second-order valence-corrected chi connectivity index (χ2v) is 22.2. The van der Waals surface area contributed by atoms with Crippen molar-refractivity contribution in [3.8, 4) is 0 Å². The van der Waals surface area contributed by atoms with E-state index in [4.69, 9.17) is 9.26 Å². The summed E-state index contributed by atoms with van der Waals surface area (Å²) in [4.78, 5) is 62.9. The Bertz CT molecular complexity index is 2250. The van der Waals surface area contributed by atoms with E-state index < -0.39 is 49.6 Å². The van der Waals surface area contributed by atoms with Gasteiger partial charge in [0.2, 0.25) is 17.7 Å². The maximum Gasteiger partial charge on any atom is 0.323 e. The summed E-state index contributed by atoms with van der Waals surface area (Å²) in [6, 6.07) is 14.0. The van der Waals surface area contributed by atoms with Crippen LogP contribution in [0.15, 0.2) is 54.6 Å². The first-order chi connectivity index (χ1) is 30.3. The number of esters is 1. The van der Waals surface area contributed by atoms with Gasteiger partial charge in [0.1, 0.15) is 30.4 Å². The van der Waals surface area contributed by atoms with Gasteiger partial charge in [-0.05, 0) is 139 Å². The van der Waals surface area contributed by atoms with E-state index in [0.29, 0.717) is 66.5 Å². The van der Waals surface area contributed by atoms with Gasteiger partial charge in [0.05, 0.1) is 11.5 Å². The van der Waals surface area contributed by atoms with Crippen LogP contribution in [0.3, 0.4) is 0 Å². The highest BCUT2D eigenvalue weighted by molar-refractivity contribution is 7.57. The summed E-state index contributed by atoms with van der Waals surface area (Å²) in [6.45, 7) is 3.63. The zero-order chi connectivity index (χ0) is 44.2. The van der Waals surface area contributed by atoms with Crippen molar-refractivity contribution in [2.75, 3.05) is 20.2 Å². The molecule has 0 radical (unpaired) electrons. The van der Waals surface area contributed by atoms with Crippen molar-refractivity contribution in [2.24, 2.45) is 0 Å². The third-order valence-electron chi connectivity index (χ3n) is 14.9. The Labute approximate surface area is 372 Å². The molecule has 3 saturated heterocycles. The number of benzene rings is 2. The average molecular weight is 908 g/mol. The van der Waals surface area contributed by atoms with Gasteiger partial charge in [-0.3, -0.25) is 23.7 Å². The minimum absolute atomic E-state index is 0.00443. The van der Waals surface area contributed by atoms with Crippen LogP contribution in [0.25, 0.3) is 10.1 Å². The number of ether oxygens (including phenoxy) is 1. The van der Waals surface area contributed by atoms with Gasteiger partial charge in [-0.15, -0.1) is 11.3 Å². The van der Waals surface area contributed by atoms with Crippen molar-refractivity contribution < 1.29 is 41.8 Å². The number of rotatable bonds is 14. The van der Waals surface area contributed by atoms with E-state index in [1.54, 1.807) is 24.0 Å². The number of hydrogen-bond donors (Lipinski definition) is 2. The Balaban J connectivity index is 0.932. The molecule has 3 aliphatic carbocycles. The maximum atomic E-state index is 16.3. The van der Waals surface area contributed by atoms with Gasteiger partial charge in [-0.25, -0.2) is 13.9 Å². The number of fused-ring (bicyclic) bond motifs is 2. The van der Waals surface area contributed by atoms with Crippen molar-refractivity contribution in [2.45, 2.75) is 163 Å². The molecule has 1 spiro atoms. The molecule has 340 valence electrons. The van der Waals surface area contributed by atoms with Crippen LogP contribution in [-0.4, -0.2) is 113 Å². The first kappa shape index (κ1) is 44.5. The van der Waals surface area contributed by atoms with E-state index in [2.05, 4.69) is 32.3 Å². The second kappa shape index (κ2) is 17.9. The van der Waals surface area contributed by atoms with Crippen LogP contribution in [0.5, 0.6) is 0 Å². The SMILES string of the molecule is CCOP(=O)(N[C@@H](C)C(=O)OC1CCC1)[C@H](F)c1ccc2sc(C(=O)N[C@H]3CC[C@H](N(C)C4CC(F)C4)C[C@H]4CC[C@@H](C(=O)N5C[C@H](c6ccccc6)CC56CC6)N4C3=O)cc2c1. The van der Waals surface area contributed by atoms with Crippen LogP contribution in [0.2, 0.25) is 0 Å². The van der Waals surface area contributed by atoms with E-state index >= 15 is 4.39 Å². The number of halogens is 2. The summed E-state index contributed by atoms with van der Waals surface area (Å²) in [5.41, 5.74) is 1.11. The van der Waals surface area contributed by atoms with E-state index in [9.17, 15) is 28.1 Å². The maximum absolute atomic E-state index is 16.3. The largest absolute Gasteiger partial charge is 0.461 e. The van der Waals surface area contributed by atoms with Crippen LogP contribution in [0.4, 0.5) is 8.78 Å². The first-order valence-corrected chi connectivity index (χ1v) is 25.5. The van der Waals surface area contributed by atoms with Gasteiger partial charge in [0.15, 0.2) is 0 Å². The molecule has 2 aromatic carbocycles. The predicted octanol–water partition coefficient (Wildman–Crippen LogP) is 8.16. The van der Waals surface area contributed by atoms with Crippen molar-refractivity contribution in [3.63, 3.8) is 0 Å². The lowest BCUT2D eigenvalue weighted by Crippen LogP contribution is -2.59. The van der Waals surface area contributed by atoms with Crippen molar-refractivity contribution in [3.05, 3.63) is 70.6 Å². The van der Waals surface area contributed by atoms with Gasteiger partial charge in [-0.1, -0.05) is 36.4 Å². The molecule has 1 aromatic heterocycles. The highest BCUT2D eigenvalue weighted by Gasteiger charge is 2.59. The number of likely N-dealkylation sites (tertiary alicyclic amines) is 1. The fourth-order valence-corrected chi connectivity index (χ4v) is 13.6. The first-order valence-electron chi connectivity index (χ1n) is 23.0. The fourth-order valence-electron chi connectivity index (χ4n) is 10.7. The van der Waals surface area contributed by atoms with Crippen LogP contribution in [0.1, 0.15) is 130 Å². The molecule has 3 saturated carbocycles. The van der Waals surface area contributed by atoms with Crippen LogP contribution in [-0.2, 0) is 28.2 Å². The highest BCUT2D eigenvalue weighted by Crippen LogP contribution is 2.58.